The molecule has 2 aromatic rings. The summed E-state index contributed by atoms with van der Waals surface area (Å²) in [5, 5.41) is 0. The van der Waals surface area contributed by atoms with E-state index in [2.05, 4.69) is 63.2 Å². The van der Waals surface area contributed by atoms with Gasteiger partial charge in [-0.25, -0.2) is 0 Å². The van der Waals surface area contributed by atoms with Crippen molar-refractivity contribution in [3.63, 3.8) is 0 Å². The molecule has 0 amide bonds. The van der Waals surface area contributed by atoms with Gasteiger partial charge < -0.3 is 5.73 Å². The van der Waals surface area contributed by atoms with Crippen LogP contribution in [0.1, 0.15) is 40.8 Å². The molecule has 0 spiro atoms. The summed E-state index contributed by atoms with van der Waals surface area (Å²) in [6.07, 6.45) is 1.02. The van der Waals surface area contributed by atoms with Crippen molar-refractivity contribution in [1.29, 1.82) is 0 Å². The molecule has 1 heteroatoms. The first-order chi connectivity index (χ1) is 8.63. The van der Waals surface area contributed by atoms with Crippen LogP contribution in [0.3, 0.4) is 0 Å². The average Bonchev–Trinajstić information content (AvgIpc) is 2.40. The lowest BCUT2D eigenvalue weighted by Gasteiger charge is -2.19. The van der Waals surface area contributed by atoms with E-state index in [0.717, 1.165) is 6.42 Å². The van der Waals surface area contributed by atoms with Crippen LogP contribution in [0.25, 0.3) is 0 Å². The van der Waals surface area contributed by atoms with E-state index in [1.165, 1.54) is 27.8 Å². The Morgan fingerprint density at radius 2 is 1.72 bits per heavy atom. The van der Waals surface area contributed by atoms with Crippen molar-refractivity contribution in [2.24, 2.45) is 5.73 Å². The number of hydrogen-bond donors (Lipinski definition) is 1. The summed E-state index contributed by atoms with van der Waals surface area (Å²) in [5.41, 5.74) is 12.8. The Bertz CT molecular complexity index is 543. The summed E-state index contributed by atoms with van der Waals surface area (Å²) in [6.45, 7) is 6.42. The molecule has 2 N–H and O–H groups in total. The second kappa shape index (κ2) is 5.36. The lowest BCUT2D eigenvalue weighted by Crippen LogP contribution is -2.15. The summed E-state index contributed by atoms with van der Waals surface area (Å²) < 4.78 is 0. The van der Waals surface area contributed by atoms with Crippen LogP contribution < -0.4 is 5.73 Å². The molecule has 2 aromatic carbocycles. The fourth-order valence-corrected chi connectivity index (χ4v) is 2.42. The van der Waals surface area contributed by atoms with Gasteiger partial charge in [-0.15, -0.1) is 0 Å². The van der Waals surface area contributed by atoms with Crippen LogP contribution in [-0.4, -0.2) is 0 Å². The third kappa shape index (κ3) is 2.46. The first-order valence-electron chi connectivity index (χ1n) is 6.54. The van der Waals surface area contributed by atoms with Gasteiger partial charge in [0.1, 0.15) is 0 Å². The molecule has 1 unspecified atom stereocenters. The maximum absolute atomic E-state index is 6.46. The molecule has 1 nitrogen and oxygen atoms in total. The molecule has 0 aromatic heterocycles. The van der Waals surface area contributed by atoms with E-state index < -0.39 is 0 Å². The number of aryl methyl sites for hydroxylation is 3. The molecule has 0 aliphatic carbocycles. The van der Waals surface area contributed by atoms with Crippen LogP contribution in [-0.2, 0) is 6.42 Å². The third-order valence-electron chi connectivity index (χ3n) is 3.54. The van der Waals surface area contributed by atoms with Crippen LogP contribution in [0.5, 0.6) is 0 Å². The minimum absolute atomic E-state index is 0.0268. The maximum Gasteiger partial charge on any atom is 0.0557 e. The second-order valence-electron chi connectivity index (χ2n) is 4.89. The first-order valence-corrected chi connectivity index (χ1v) is 6.54. The Kier molecular flexibility index (Phi) is 3.83. The van der Waals surface area contributed by atoms with E-state index in [-0.39, 0.29) is 6.04 Å². The molecule has 0 heterocycles. The van der Waals surface area contributed by atoms with Crippen molar-refractivity contribution >= 4 is 0 Å². The van der Waals surface area contributed by atoms with Gasteiger partial charge in [-0.3, -0.25) is 0 Å². The molecule has 0 radical (unpaired) electrons. The van der Waals surface area contributed by atoms with Gasteiger partial charge in [0.2, 0.25) is 0 Å². The van der Waals surface area contributed by atoms with Crippen molar-refractivity contribution < 1.29 is 0 Å². The predicted octanol–water partition coefficient (Wildman–Crippen LogP) is 3.91. The van der Waals surface area contributed by atoms with Crippen LogP contribution in [0.4, 0.5) is 0 Å². The largest absolute Gasteiger partial charge is 0.320 e. The molecule has 0 fully saturated rings. The number of rotatable bonds is 3. The highest BCUT2D eigenvalue weighted by atomic mass is 14.6. The molecule has 94 valence electrons. The van der Waals surface area contributed by atoms with Crippen molar-refractivity contribution in [2.75, 3.05) is 0 Å². The van der Waals surface area contributed by atoms with Gasteiger partial charge >= 0.3 is 0 Å². The minimum atomic E-state index is -0.0268. The van der Waals surface area contributed by atoms with Gasteiger partial charge in [0.25, 0.3) is 0 Å². The van der Waals surface area contributed by atoms with E-state index in [1.54, 1.807) is 0 Å². The van der Waals surface area contributed by atoms with E-state index in [9.17, 15) is 0 Å². The van der Waals surface area contributed by atoms with E-state index in [4.69, 9.17) is 5.73 Å². The highest BCUT2D eigenvalue weighted by Crippen LogP contribution is 2.26. The zero-order valence-corrected chi connectivity index (χ0v) is 11.4. The van der Waals surface area contributed by atoms with Gasteiger partial charge in [0, 0.05) is 0 Å². The van der Waals surface area contributed by atoms with Gasteiger partial charge in [-0.1, -0.05) is 55.0 Å². The molecule has 0 saturated heterocycles. The summed E-state index contributed by atoms with van der Waals surface area (Å²) in [6, 6.07) is 14.9. The van der Waals surface area contributed by atoms with Gasteiger partial charge in [0.05, 0.1) is 6.04 Å². The Morgan fingerprint density at radius 1 is 1.00 bits per heavy atom. The van der Waals surface area contributed by atoms with Crippen molar-refractivity contribution in [3.8, 4) is 0 Å². The van der Waals surface area contributed by atoms with Crippen molar-refractivity contribution in [1.82, 2.24) is 0 Å². The molecule has 2 rings (SSSR count). The normalized spacial score (nSPS) is 12.4. The third-order valence-corrected chi connectivity index (χ3v) is 3.54. The molecule has 0 aliphatic heterocycles. The summed E-state index contributed by atoms with van der Waals surface area (Å²) >= 11 is 0. The first kappa shape index (κ1) is 12.8. The summed E-state index contributed by atoms with van der Waals surface area (Å²) in [4.78, 5) is 0. The SMILES string of the molecule is CCc1ccccc1C(N)c1cc(C)ccc1C. The quantitative estimate of drug-likeness (QED) is 0.863. The molecule has 18 heavy (non-hydrogen) atoms. The van der Waals surface area contributed by atoms with E-state index >= 15 is 0 Å². The number of nitrogens with two attached hydrogens (primary N) is 1. The Hall–Kier alpha value is -1.60. The second-order valence-corrected chi connectivity index (χ2v) is 4.89. The smallest absolute Gasteiger partial charge is 0.0557 e. The highest BCUT2D eigenvalue weighted by molar-refractivity contribution is 5.41. The van der Waals surface area contributed by atoms with E-state index in [1.807, 2.05) is 0 Å². The highest BCUT2D eigenvalue weighted by Gasteiger charge is 2.14. The Morgan fingerprint density at radius 3 is 2.44 bits per heavy atom. The van der Waals surface area contributed by atoms with Crippen LogP contribution in [0.2, 0.25) is 0 Å². The molecule has 1 atom stereocenters. The standard InChI is InChI=1S/C17H21N/c1-4-14-7-5-6-8-15(14)17(18)16-11-12(2)9-10-13(16)3/h5-11,17H,4,18H2,1-3H3. The molecular weight excluding hydrogens is 218 g/mol. The van der Waals surface area contributed by atoms with Gasteiger partial charge in [0.15, 0.2) is 0 Å². The fourth-order valence-electron chi connectivity index (χ4n) is 2.42. The summed E-state index contributed by atoms with van der Waals surface area (Å²) in [7, 11) is 0. The Balaban J connectivity index is 2.47. The topological polar surface area (TPSA) is 26.0 Å². The van der Waals surface area contributed by atoms with Crippen molar-refractivity contribution in [3.05, 3.63) is 70.3 Å². The number of benzene rings is 2. The lowest BCUT2D eigenvalue weighted by molar-refractivity contribution is 0.840. The summed E-state index contributed by atoms with van der Waals surface area (Å²) in [5.74, 6) is 0. The van der Waals surface area contributed by atoms with Crippen LogP contribution >= 0.6 is 0 Å². The molecule has 0 saturated carbocycles. The fraction of sp³-hybridized carbons (Fsp3) is 0.294. The van der Waals surface area contributed by atoms with Crippen molar-refractivity contribution in [2.45, 2.75) is 33.2 Å². The van der Waals surface area contributed by atoms with Crippen LogP contribution in [0.15, 0.2) is 42.5 Å². The van der Waals surface area contributed by atoms with Crippen LogP contribution in [0, 0.1) is 13.8 Å². The van der Waals surface area contributed by atoms with Gasteiger partial charge in [-0.2, -0.15) is 0 Å². The zero-order valence-electron chi connectivity index (χ0n) is 11.4. The maximum atomic E-state index is 6.46. The predicted molar refractivity (Wildman–Crippen MR) is 77.8 cm³/mol. The molecule has 0 aliphatic rings. The number of hydrogen-bond acceptors (Lipinski definition) is 1. The average molecular weight is 239 g/mol. The monoisotopic (exact) mass is 239 g/mol. The lowest BCUT2D eigenvalue weighted by atomic mass is 9.91. The Labute approximate surface area is 110 Å². The zero-order chi connectivity index (χ0) is 13.1. The molecular formula is C17H21N. The van der Waals surface area contributed by atoms with Gasteiger partial charge in [-0.05, 0) is 42.5 Å². The molecule has 0 bridgehead atoms. The minimum Gasteiger partial charge on any atom is -0.320 e. The van der Waals surface area contributed by atoms with E-state index in [0.29, 0.717) is 0 Å².